The number of anilines is 1. The molecule has 3 saturated carbocycles. The summed E-state index contributed by atoms with van der Waals surface area (Å²) < 4.78 is 0.907. The second-order valence-electron chi connectivity index (χ2n) is 13.2. The molecular formula is C32H43BrClN5O. The highest BCUT2D eigenvalue weighted by molar-refractivity contribution is 9.10. The highest BCUT2D eigenvalue weighted by Crippen LogP contribution is 2.60. The summed E-state index contributed by atoms with van der Waals surface area (Å²) in [7, 11) is 0. The second-order valence-corrected chi connectivity index (χ2v) is 14.5. The van der Waals surface area contributed by atoms with Crippen LogP contribution >= 0.6 is 27.5 Å². The van der Waals surface area contributed by atoms with Gasteiger partial charge in [0, 0.05) is 56.5 Å². The van der Waals surface area contributed by atoms with Crippen molar-refractivity contribution in [3.8, 4) is 0 Å². The first kappa shape index (κ1) is 28.4. The molecule has 40 heavy (non-hydrogen) atoms. The van der Waals surface area contributed by atoms with Crippen molar-refractivity contribution in [2.75, 3.05) is 50.7 Å². The lowest BCUT2D eigenvalue weighted by Gasteiger charge is -2.59. The van der Waals surface area contributed by atoms with Crippen molar-refractivity contribution in [3.05, 3.63) is 57.2 Å². The Hall–Kier alpha value is -1.67. The van der Waals surface area contributed by atoms with Gasteiger partial charge in [0.2, 0.25) is 0 Å². The van der Waals surface area contributed by atoms with Crippen LogP contribution in [-0.4, -0.2) is 72.5 Å². The zero-order valence-corrected chi connectivity index (χ0v) is 26.3. The van der Waals surface area contributed by atoms with E-state index in [1.807, 2.05) is 18.2 Å². The van der Waals surface area contributed by atoms with Crippen molar-refractivity contribution in [1.82, 2.24) is 20.1 Å². The Labute approximate surface area is 253 Å². The topological polar surface area (TPSA) is 51.7 Å². The monoisotopic (exact) mass is 627 g/mol. The Balaban J connectivity index is 0.945. The number of piperazine rings is 1. The van der Waals surface area contributed by atoms with Crippen LogP contribution in [-0.2, 0) is 6.54 Å². The van der Waals surface area contributed by atoms with Crippen LogP contribution in [0.4, 0.5) is 5.82 Å². The lowest BCUT2D eigenvalue weighted by atomic mass is 9.47. The van der Waals surface area contributed by atoms with Crippen LogP contribution in [0.1, 0.15) is 61.9 Å². The van der Waals surface area contributed by atoms with E-state index in [4.69, 9.17) is 16.6 Å². The predicted octanol–water partition coefficient (Wildman–Crippen LogP) is 6.09. The summed E-state index contributed by atoms with van der Waals surface area (Å²) in [6.45, 7) is 12.9. The Kier molecular flexibility index (Phi) is 8.47. The molecule has 2 saturated heterocycles. The number of fused-ring (bicyclic) bond motifs is 2. The Morgan fingerprint density at radius 2 is 1.70 bits per heavy atom. The van der Waals surface area contributed by atoms with E-state index in [-0.39, 0.29) is 5.91 Å². The smallest absolute Gasteiger partial charge is 0.252 e. The van der Waals surface area contributed by atoms with E-state index in [0.29, 0.717) is 22.9 Å². The van der Waals surface area contributed by atoms with Gasteiger partial charge in [-0.15, -0.1) is 0 Å². The third-order valence-corrected chi connectivity index (χ3v) is 11.4. The number of carbonyl (C=O) groups is 1. The predicted molar refractivity (Wildman–Crippen MR) is 166 cm³/mol. The number of nitrogens with zero attached hydrogens (tertiary/aromatic N) is 4. The van der Waals surface area contributed by atoms with Gasteiger partial charge in [-0.05, 0) is 108 Å². The third-order valence-electron chi connectivity index (χ3n) is 10.6. The Morgan fingerprint density at radius 3 is 2.33 bits per heavy atom. The third kappa shape index (κ3) is 6.08. The number of amides is 1. The SMILES string of the molecule is CC1(C)C2CC(CNC(=O)c3cnc(N4CCN(C5CCN(Cc6ccc(Cl)cc6)CC5)CC4)c(Br)c3)CC1C2. The number of rotatable bonds is 7. The van der Waals surface area contributed by atoms with Crippen molar-refractivity contribution in [2.24, 2.45) is 23.2 Å². The molecule has 5 fully saturated rings. The van der Waals surface area contributed by atoms with Crippen LogP contribution in [0.5, 0.6) is 0 Å². The summed E-state index contributed by atoms with van der Waals surface area (Å²) in [6, 6.07) is 10.9. The summed E-state index contributed by atoms with van der Waals surface area (Å²) in [5, 5.41) is 4.00. The molecule has 2 bridgehead atoms. The van der Waals surface area contributed by atoms with E-state index in [0.717, 1.165) is 79.5 Å². The minimum atomic E-state index is -0.00881. The van der Waals surface area contributed by atoms with Crippen LogP contribution in [0.2, 0.25) is 5.02 Å². The fourth-order valence-corrected chi connectivity index (χ4v) is 8.43. The fourth-order valence-electron chi connectivity index (χ4n) is 7.71. The zero-order chi connectivity index (χ0) is 27.9. The van der Waals surface area contributed by atoms with Crippen molar-refractivity contribution in [1.29, 1.82) is 0 Å². The standard InChI is InChI=1S/C32H43BrClN5O/c1-32(2)25-15-23(16-26(32)18-25)19-36-31(40)24-17-29(33)30(35-20-24)39-13-11-38(12-14-39)28-7-9-37(10-8-28)21-22-3-5-27(34)6-4-22/h3-6,17,20,23,25-26,28H,7-16,18-19,21H2,1-2H3,(H,36,40). The quantitative estimate of drug-likeness (QED) is 0.403. The van der Waals surface area contributed by atoms with E-state index in [9.17, 15) is 4.79 Å². The minimum Gasteiger partial charge on any atom is -0.353 e. The number of aromatic nitrogens is 1. The molecule has 1 aromatic carbocycles. The van der Waals surface area contributed by atoms with E-state index in [1.165, 1.54) is 37.7 Å². The van der Waals surface area contributed by atoms with Crippen molar-refractivity contribution in [3.63, 3.8) is 0 Å². The number of nitrogens with one attached hydrogen (secondary N) is 1. The molecule has 7 rings (SSSR count). The second kappa shape index (κ2) is 11.9. The Bertz CT molecular complexity index is 1180. The molecule has 0 radical (unpaired) electrons. The van der Waals surface area contributed by atoms with Crippen molar-refractivity contribution in [2.45, 2.75) is 58.5 Å². The number of benzene rings is 1. The van der Waals surface area contributed by atoms with Gasteiger partial charge in [0.25, 0.3) is 5.91 Å². The van der Waals surface area contributed by atoms with Gasteiger partial charge in [0.05, 0.1) is 10.0 Å². The molecule has 216 valence electrons. The molecule has 5 aliphatic rings. The molecular weight excluding hydrogens is 586 g/mol. The van der Waals surface area contributed by atoms with Gasteiger partial charge in [-0.3, -0.25) is 14.6 Å². The molecule has 3 aliphatic carbocycles. The minimum absolute atomic E-state index is 0.00881. The summed E-state index contributed by atoms with van der Waals surface area (Å²) >= 11 is 9.76. The number of likely N-dealkylation sites (tertiary alicyclic amines) is 1. The van der Waals surface area contributed by atoms with E-state index < -0.39 is 0 Å². The normalized spacial score (nSPS) is 27.3. The lowest BCUT2D eigenvalue weighted by Crippen LogP contribution is -2.53. The van der Waals surface area contributed by atoms with Gasteiger partial charge in [-0.2, -0.15) is 0 Å². The molecule has 3 heterocycles. The molecule has 0 spiro atoms. The van der Waals surface area contributed by atoms with Crippen molar-refractivity contribution >= 4 is 39.3 Å². The summed E-state index contributed by atoms with van der Waals surface area (Å²) in [4.78, 5) is 25.2. The number of pyridine rings is 1. The van der Waals surface area contributed by atoms with Crippen LogP contribution in [0.15, 0.2) is 41.0 Å². The maximum Gasteiger partial charge on any atom is 0.252 e. The molecule has 1 aromatic heterocycles. The molecule has 2 aliphatic heterocycles. The van der Waals surface area contributed by atoms with E-state index in [2.05, 4.69) is 61.9 Å². The van der Waals surface area contributed by atoms with E-state index >= 15 is 0 Å². The van der Waals surface area contributed by atoms with E-state index in [1.54, 1.807) is 6.20 Å². The van der Waals surface area contributed by atoms with Crippen LogP contribution in [0.3, 0.4) is 0 Å². The van der Waals surface area contributed by atoms with Crippen LogP contribution in [0.25, 0.3) is 0 Å². The zero-order valence-electron chi connectivity index (χ0n) is 23.9. The van der Waals surface area contributed by atoms with Gasteiger partial charge in [-0.25, -0.2) is 4.98 Å². The highest BCUT2D eigenvalue weighted by Gasteiger charge is 2.52. The molecule has 1 N–H and O–H groups in total. The first-order valence-corrected chi connectivity index (χ1v) is 16.3. The molecule has 2 unspecified atom stereocenters. The van der Waals surface area contributed by atoms with Crippen molar-refractivity contribution < 1.29 is 4.79 Å². The van der Waals surface area contributed by atoms with Gasteiger partial charge in [0.1, 0.15) is 5.82 Å². The largest absolute Gasteiger partial charge is 0.353 e. The number of carbonyl (C=O) groups excluding carboxylic acids is 1. The number of piperidine rings is 1. The fraction of sp³-hybridized carbons (Fsp3) is 0.625. The number of hydrogen-bond donors (Lipinski definition) is 1. The number of hydrogen-bond acceptors (Lipinski definition) is 5. The molecule has 1 amide bonds. The van der Waals surface area contributed by atoms with Gasteiger partial charge >= 0.3 is 0 Å². The summed E-state index contributed by atoms with van der Waals surface area (Å²) in [6.07, 6.45) is 8.07. The first-order valence-electron chi connectivity index (χ1n) is 15.2. The van der Waals surface area contributed by atoms with Crippen LogP contribution < -0.4 is 10.2 Å². The summed E-state index contributed by atoms with van der Waals surface area (Å²) in [5.74, 6) is 3.21. The lowest BCUT2D eigenvalue weighted by molar-refractivity contribution is -0.0887. The molecule has 6 nitrogen and oxygen atoms in total. The average Bonchev–Trinajstić information content (AvgIpc) is 2.97. The van der Waals surface area contributed by atoms with Crippen LogP contribution in [0, 0.1) is 23.2 Å². The highest BCUT2D eigenvalue weighted by atomic mass is 79.9. The summed E-state index contributed by atoms with van der Waals surface area (Å²) in [5.41, 5.74) is 2.48. The van der Waals surface area contributed by atoms with Gasteiger partial charge < -0.3 is 10.2 Å². The number of halogens is 2. The molecule has 8 heteroatoms. The first-order chi connectivity index (χ1) is 19.3. The maximum atomic E-state index is 12.9. The van der Waals surface area contributed by atoms with Gasteiger partial charge in [-0.1, -0.05) is 37.6 Å². The Morgan fingerprint density at radius 1 is 1.02 bits per heavy atom. The molecule has 2 aromatic rings. The average molecular weight is 629 g/mol. The molecule has 2 atom stereocenters. The van der Waals surface area contributed by atoms with Gasteiger partial charge in [0.15, 0.2) is 0 Å². The maximum absolute atomic E-state index is 12.9.